The van der Waals surface area contributed by atoms with Gasteiger partial charge in [0.1, 0.15) is 0 Å². The molecule has 0 fully saturated rings. The third kappa shape index (κ3) is 1.47. The van der Waals surface area contributed by atoms with E-state index < -0.39 is 58.1 Å². The molecular weight excluding hydrogens is 348 g/mol. The Kier molecular flexibility index (Phi) is 3.06. The number of rotatable bonds is 1. The fourth-order valence-corrected chi connectivity index (χ4v) is 2.07. The molecule has 0 radical (unpaired) electrons. The molecule has 124 valence electrons. The number of benzene rings is 1. The maximum absolute atomic E-state index is 13.8. The average Bonchev–Trinajstić information content (AvgIpc) is 2.37. The quantitative estimate of drug-likeness (QED) is 0.392. The molecule has 0 aliphatic heterocycles. The Morgan fingerprint density at radius 3 is 1.32 bits per heavy atom. The van der Waals surface area contributed by atoms with Crippen molar-refractivity contribution < 1.29 is 52.7 Å². The molecule has 1 aromatic carbocycles. The lowest BCUT2D eigenvalue weighted by Gasteiger charge is -2.48. The van der Waals surface area contributed by atoms with Crippen molar-refractivity contribution in [2.24, 2.45) is 0 Å². The Bertz CT molecular complexity index is 657. The largest absolute Gasteiger partial charge is 0.457 e. The second-order valence-electron chi connectivity index (χ2n) is 4.31. The first-order chi connectivity index (χ1) is 9.64. The second-order valence-corrected chi connectivity index (χ2v) is 4.31. The van der Waals surface area contributed by atoms with Gasteiger partial charge >= 0.3 is 18.0 Å². The zero-order chi connectivity index (χ0) is 17.5. The van der Waals surface area contributed by atoms with Gasteiger partial charge in [-0.15, -0.1) is 0 Å². The minimum Gasteiger partial charge on any atom is -0.224 e. The molecule has 0 spiro atoms. The maximum atomic E-state index is 13.8. The van der Waals surface area contributed by atoms with Crippen LogP contribution in [0.4, 0.5) is 52.7 Å². The summed E-state index contributed by atoms with van der Waals surface area (Å²) in [6, 6.07) is 0. The number of hydrogen-bond donors (Lipinski definition) is 0. The molecule has 0 saturated carbocycles. The number of halogens is 12. The van der Waals surface area contributed by atoms with E-state index in [2.05, 4.69) is 0 Å². The van der Waals surface area contributed by atoms with E-state index in [0.29, 0.717) is 0 Å². The summed E-state index contributed by atoms with van der Waals surface area (Å²) in [5.41, 5.74) is -11.8. The molecule has 0 bridgehead atoms. The molecule has 22 heavy (non-hydrogen) atoms. The summed E-state index contributed by atoms with van der Waals surface area (Å²) in [5.74, 6) is -24.8. The van der Waals surface area contributed by atoms with E-state index in [4.69, 9.17) is 0 Å². The summed E-state index contributed by atoms with van der Waals surface area (Å²) in [5, 5.41) is 0. The molecule has 12 heteroatoms. The molecule has 0 heterocycles. The molecule has 1 atom stereocenters. The van der Waals surface area contributed by atoms with Gasteiger partial charge in [-0.25, -0.2) is 22.0 Å². The molecule has 0 saturated heterocycles. The van der Waals surface area contributed by atoms with Crippen molar-refractivity contribution in [3.63, 3.8) is 0 Å². The lowest BCUT2D eigenvalue weighted by atomic mass is 9.66. The highest BCUT2D eigenvalue weighted by atomic mass is 19.4. The van der Waals surface area contributed by atoms with Crippen LogP contribution in [-0.2, 0) is 11.6 Å². The van der Waals surface area contributed by atoms with Gasteiger partial charge in [-0.3, -0.25) is 0 Å². The molecule has 1 aromatic rings. The predicted molar refractivity (Wildman–Crippen MR) is 44.0 cm³/mol. The van der Waals surface area contributed by atoms with Crippen LogP contribution >= 0.6 is 0 Å². The van der Waals surface area contributed by atoms with Gasteiger partial charge in [0.25, 0.3) is 5.67 Å². The summed E-state index contributed by atoms with van der Waals surface area (Å²) in [6.45, 7) is 0. The molecule has 0 nitrogen and oxygen atoms in total. The van der Waals surface area contributed by atoms with Crippen molar-refractivity contribution >= 4 is 0 Å². The predicted octanol–water partition coefficient (Wildman–Crippen LogP) is 4.71. The molecule has 0 aromatic heterocycles. The summed E-state index contributed by atoms with van der Waals surface area (Å²) in [6.07, 6.45) is -6.93. The first-order valence-corrected chi connectivity index (χ1v) is 5.02. The van der Waals surface area contributed by atoms with Gasteiger partial charge in [0.15, 0.2) is 23.3 Å². The van der Waals surface area contributed by atoms with Crippen LogP contribution in [-0.4, -0.2) is 12.1 Å². The van der Waals surface area contributed by atoms with E-state index in [0.717, 1.165) is 0 Å². The molecule has 1 aliphatic rings. The number of hydrogen-bond acceptors (Lipinski definition) is 0. The zero-order valence-electron chi connectivity index (χ0n) is 9.54. The lowest BCUT2D eigenvalue weighted by molar-refractivity contribution is -0.383. The summed E-state index contributed by atoms with van der Waals surface area (Å²) < 4.78 is 154. The highest BCUT2D eigenvalue weighted by Crippen LogP contribution is 2.69. The van der Waals surface area contributed by atoms with Crippen LogP contribution in [0.3, 0.4) is 0 Å². The normalized spacial score (nSPS) is 24.0. The van der Waals surface area contributed by atoms with E-state index >= 15 is 0 Å². The third-order valence-electron chi connectivity index (χ3n) is 3.15. The van der Waals surface area contributed by atoms with Gasteiger partial charge < -0.3 is 0 Å². The Hall–Kier alpha value is -1.62. The Labute approximate surface area is 112 Å². The first-order valence-electron chi connectivity index (χ1n) is 5.02. The number of fused-ring (bicyclic) bond motifs is 1. The molecule has 2 rings (SSSR count). The van der Waals surface area contributed by atoms with E-state index in [-0.39, 0.29) is 0 Å². The van der Waals surface area contributed by atoms with Crippen LogP contribution in [0.2, 0.25) is 0 Å². The standard InChI is InChI=1S/C10F12/c11-3-1-2(4(12)6(14)5(3)13)8(16,17)7(1,15)9(18,19)10(20,21)22/t7-/m0/s1. The first kappa shape index (κ1) is 16.7. The highest BCUT2D eigenvalue weighted by Gasteiger charge is 2.88. The highest BCUT2D eigenvalue weighted by molar-refractivity contribution is 5.53. The van der Waals surface area contributed by atoms with Crippen LogP contribution < -0.4 is 0 Å². The fourth-order valence-electron chi connectivity index (χ4n) is 2.07. The number of alkyl halides is 8. The summed E-state index contributed by atoms with van der Waals surface area (Å²) in [7, 11) is 0. The fraction of sp³-hybridized carbons (Fsp3) is 0.400. The third-order valence-corrected chi connectivity index (χ3v) is 3.15. The molecule has 0 unspecified atom stereocenters. The minimum atomic E-state index is -6.93. The SMILES string of the molecule is Fc1c(F)c(F)c2c(c1F)C(F)(F)[C@]2(F)C(F)(F)C(F)(F)F. The van der Waals surface area contributed by atoms with Gasteiger partial charge in [-0.1, -0.05) is 0 Å². The van der Waals surface area contributed by atoms with Gasteiger partial charge in [0.2, 0.25) is 0 Å². The smallest absolute Gasteiger partial charge is 0.224 e. The second kappa shape index (κ2) is 4.02. The molecule has 1 aliphatic carbocycles. The van der Waals surface area contributed by atoms with Crippen LogP contribution in [0.1, 0.15) is 11.1 Å². The van der Waals surface area contributed by atoms with Crippen molar-refractivity contribution in [2.75, 3.05) is 0 Å². The maximum Gasteiger partial charge on any atom is 0.457 e. The van der Waals surface area contributed by atoms with Gasteiger partial charge in [0.05, 0.1) is 11.1 Å². The van der Waals surface area contributed by atoms with Crippen molar-refractivity contribution in [1.29, 1.82) is 0 Å². The van der Waals surface area contributed by atoms with Crippen molar-refractivity contribution in [1.82, 2.24) is 0 Å². The summed E-state index contributed by atoms with van der Waals surface area (Å²) in [4.78, 5) is 0. The van der Waals surface area contributed by atoms with Crippen LogP contribution in [0.25, 0.3) is 0 Å². The van der Waals surface area contributed by atoms with Crippen molar-refractivity contribution in [2.45, 2.75) is 23.7 Å². The Morgan fingerprint density at radius 1 is 0.591 bits per heavy atom. The van der Waals surface area contributed by atoms with Crippen molar-refractivity contribution in [3.05, 3.63) is 34.4 Å². The molecule has 0 N–H and O–H groups in total. The average molecular weight is 348 g/mol. The van der Waals surface area contributed by atoms with Gasteiger partial charge in [0, 0.05) is 0 Å². The van der Waals surface area contributed by atoms with E-state index in [1.54, 1.807) is 0 Å². The monoisotopic (exact) mass is 348 g/mol. The topological polar surface area (TPSA) is 0 Å². The van der Waals surface area contributed by atoms with Crippen molar-refractivity contribution in [3.8, 4) is 0 Å². The van der Waals surface area contributed by atoms with Crippen LogP contribution in [0.5, 0.6) is 0 Å². The Morgan fingerprint density at radius 2 is 0.955 bits per heavy atom. The van der Waals surface area contributed by atoms with Crippen LogP contribution in [0, 0.1) is 23.3 Å². The van der Waals surface area contributed by atoms with E-state index in [1.165, 1.54) is 0 Å². The molecule has 0 amide bonds. The molecular formula is C10F12. The van der Waals surface area contributed by atoms with Gasteiger partial charge in [-0.2, -0.15) is 30.7 Å². The van der Waals surface area contributed by atoms with E-state index in [1.807, 2.05) is 0 Å². The minimum absolute atomic E-state index is 2.73. The summed E-state index contributed by atoms with van der Waals surface area (Å²) >= 11 is 0. The van der Waals surface area contributed by atoms with Gasteiger partial charge in [-0.05, 0) is 0 Å². The lowest BCUT2D eigenvalue weighted by Crippen LogP contribution is -2.66. The zero-order valence-corrected chi connectivity index (χ0v) is 9.54. The Balaban J connectivity index is 2.90. The van der Waals surface area contributed by atoms with Crippen LogP contribution in [0.15, 0.2) is 0 Å². The van der Waals surface area contributed by atoms with E-state index in [9.17, 15) is 52.7 Å².